The molecule has 4 nitrogen and oxygen atoms in total. The summed E-state index contributed by atoms with van der Waals surface area (Å²) in [6, 6.07) is 7.83. The molecule has 1 aromatic carbocycles. The van der Waals surface area contributed by atoms with Crippen molar-refractivity contribution in [2.75, 3.05) is 45.2 Å². The Morgan fingerprint density at radius 3 is 2.75 bits per heavy atom. The largest absolute Gasteiger partial charge is 0.492 e. The molecule has 1 saturated heterocycles. The molecule has 5 heteroatoms. The van der Waals surface area contributed by atoms with Gasteiger partial charge in [-0.05, 0) is 6.07 Å². The molecule has 0 spiro atoms. The molecule has 1 aromatic rings. The van der Waals surface area contributed by atoms with E-state index in [0.29, 0.717) is 12.5 Å². The zero-order chi connectivity index (χ0) is 13.9. The second-order valence-corrected chi connectivity index (χ2v) is 5.64. The maximum absolute atomic E-state index is 12.6. The van der Waals surface area contributed by atoms with Crippen LogP contribution in [0.2, 0.25) is 0 Å². The number of para-hydroxylation sites is 1. The fourth-order valence-electron chi connectivity index (χ4n) is 2.90. The third-order valence-electron chi connectivity index (χ3n) is 4.08. The number of hydrogen-bond donors (Lipinski definition) is 0. The number of rotatable bonds is 3. The van der Waals surface area contributed by atoms with Crippen LogP contribution in [0.15, 0.2) is 24.3 Å². The molecule has 0 saturated carbocycles. The van der Waals surface area contributed by atoms with Gasteiger partial charge < -0.3 is 9.64 Å². The van der Waals surface area contributed by atoms with Crippen LogP contribution in [-0.2, 0) is 4.79 Å². The van der Waals surface area contributed by atoms with E-state index >= 15 is 0 Å². The Balaban J connectivity index is 1.64. The van der Waals surface area contributed by atoms with E-state index in [9.17, 15) is 4.79 Å². The Labute approximate surface area is 124 Å². The molecule has 0 radical (unpaired) electrons. The molecule has 2 heterocycles. The average molecular weight is 295 g/mol. The van der Waals surface area contributed by atoms with Gasteiger partial charge in [0.1, 0.15) is 18.3 Å². The zero-order valence-corrected chi connectivity index (χ0v) is 12.2. The summed E-state index contributed by atoms with van der Waals surface area (Å²) in [7, 11) is 0. The number of halogens is 1. The quantitative estimate of drug-likeness (QED) is 0.793. The van der Waals surface area contributed by atoms with Crippen molar-refractivity contribution in [2.45, 2.75) is 5.92 Å². The van der Waals surface area contributed by atoms with Gasteiger partial charge in [0.05, 0.1) is 0 Å². The highest BCUT2D eigenvalue weighted by molar-refractivity contribution is 6.18. The molecule has 1 unspecified atom stereocenters. The summed E-state index contributed by atoms with van der Waals surface area (Å²) in [5.74, 6) is 1.57. The van der Waals surface area contributed by atoms with E-state index in [-0.39, 0.29) is 11.8 Å². The van der Waals surface area contributed by atoms with Gasteiger partial charge in [0, 0.05) is 44.2 Å². The van der Waals surface area contributed by atoms with Crippen molar-refractivity contribution in [2.24, 2.45) is 0 Å². The van der Waals surface area contributed by atoms with Crippen LogP contribution in [0.25, 0.3) is 0 Å². The predicted octanol–water partition coefficient (Wildman–Crippen LogP) is 1.55. The van der Waals surface area contributed by atoms with E-state index < -0.39 is 0 Å². The van der Waals surface area contributed by atoms with Crippen molar-refractivity contribution >= 4 is 17.5 Å². The van der Waals surface area contributed by atoms with Gasteiger partial charge in [0.15, 0.2) is 0 Å². The summed E-state index contributed by atoms with van der Waals surface area (Å²) in [6.07, 6.45) is 0. The first-order valence-electron chi connectivity index (χ1n) is 7.08. The lowest BCUT2D eigenvalue weighted by Crippen LogP contribution is -2.50. The Morgan fingerprint density at radius 2 is 2.00 bits per heavy atom. The molecule has 0 bridgehead atoms. The third kappa shape index (κ3) is 2.63. The molecule has 20 heavy (non-hydrogen) atoms. The smallest absolute Gasteiger partial charge is 0.233 e. The standard InChI is InChI=1S/C15H19ClN2O2/c16-5-6-17-7-9-18(10-8-17)15(19)13-11-20-14-4-2-1-3-12(13)14/h1-4,13H,5-11H2. The molecule has 1 fully saturated rings. The van der Waals surface area contributed by atoms with E-state index in [1.807, 2.05) is 29.2 Å². The van der Waals surface area contributed by atoms with Gasteiger partial charge in [0.25, 0.3) is 0 Å². The Kier molecular flexibility index (Phi) is 4.13. The average Bonchev–Trinajstić information content (AvgIpc) is 2.92. The van der Waals surface area contributed by atoms with Gasteiger partial charge in [-0.25, -0.2) is 0 Å². The lowest BCUT2D eigenvalue weighted by molar-refractivity contribution is -0.134. The first-order valence-corrected chi connectivity index (χ1v) is 7.62. The first kappa shape index (κ1) is 13.7. The van der Waals surface area contributed by atoms with Crippen LogP contribution in [0.4, 0.5) is 0 Å². The summed E-state index contributed by atoms with van der Waals surface area (Å²) >= 11 is 5.75. The van der Waals surface area contributed by atoms with Crippen molar-refractivity contribution in [1.29, 1.82) is 0 Å². The van der Waals surface area contributed by atoms with Crippen molar-refractivity contribution < 1.29 is 9.53 Å². The highest BCUT2D eigenvalue weighted by Crippen LogP contribution is 2.34. The SMILES string of the molecule is O=C(C1COc2ccccc21)N1CCN(CCCl)CC1. The normalized spacial score (nSPS) is 22.4. The number of amides is 1. The van der Waals surface area contributed by atoms with Gasteiger partial charge in [-0.15, -0.1) is 11.6 Å². The second kappa shape index (κ2) is 6.02. The van der Waals surface area contributed by atoms with Crippen molar-refractivity contribution in [3.8, 4) is 5.75 Å². The lowest BCUT2D eigenvalue weighted by atomic mass is 9.99. The van der Waals surface area contributed by atoms with Crippen LogP contribution in [-0.4, -0.2) is 60.9 Å². The van der Waals surface area contributed by atoms with E-state index in [2.05, 4.69) is 4.90 Å². The summed E-state index contributed by atoms with van der Waals surface area (Å²) in [6.45, 7) is 4.77. The van der Waals surface area contributed by atoms with Crippen molar-refractivity contribution in [1.82, 2.24) is 9.80 Å². The molecular weight excluding hydrogens is 276 g/mol. The van der Waals surface area contributed by atoms with Gasteiger partial charge in [0.2, 0.25) is 5.91 Å². The van der Waals surface area contributed by atoms with Crippen LogP contribution in [0.3, 0.4) is 0 Å². The molecule has 0 aromatic heterocycles. The number of benzene rings is 1. The number of ether oxygens (including phenoxy) is 1. The number of hydrogen-bond acceptors (Lipinski definition) is 3. The summed E-state index contributed by atoms with van der Waals surface area (Å²) in [5.41, 5.74) is 1.03. The zero-order valence-electron chi connectivity index (χ0n) is 11.4. The van der Waals surface area contributed by atoms with Crippen LogP contribution in [0.5, 0.6) is 5.75 Å². The van der Waals surface area contributed by atoms with Crippen molar-refractivity contribution in [3.63, 3.8) is 0 Å². The predicted molar refractivity (Wildman–Crippen MR) is 78.4 cm³/mol. The number of carbonyl (C=O) groups is 1. The fourth-order valence-corrected chi connectivity index (χ4v) is 3.14. The minimum atomic E-state index is -0.134. The molecular formula is C15H19ClN2O2. The van der Waals surface area contributed by atoms with Gasteiger partial charge in [-0.3, -0.25) is 9.69 Å². The number of alkyl halides is 1. The van der Waals surface area contributed by atoms with Crippen LogP contribution < -0.4 is 4.74 Å². The summed E-state index contributed by atoms with van der Waals surface area (Å²) in [4.78, 5) is 16.9. The minimum Gasteiger partial charge on any atom is -0.492 e. The lowest BCUT2D eigenvalue weighted by Gasteiger charge is -2.35. The number of carbonyl (C=O) groups excluding carboxylic acids is 1. The Hall–Kier alpha value is -1.26. The minimum absolute atomic E-state index is 0.134. The van der Waals surface area contributed by atoms with E-state index in [1.54, 1.807) is 0 Å². The highest BCUT2D eigenvalue weighted by Gasteiger charge is 2.34. The molecule has 108 valence electrons. The highest BCUT2D eigenvalue weighted by atomic mass is 35.5. The van der Waals surface area contributed by atoms with Crippen LogP contribution in [0.1, 0.15) is 11.5 Å². The monoisotopic (exact) mass is 294 g/mol. The summed E-state index contributed by atoms with van der Waals surface area (Å²) in [5, 5.41) is 0. The maximum Gasteiger partial charge on any atom is 0.233 e. The third-order valence-corrected chi connectivity index (χ3v) is 4.25. The van der Waals surface area contributed by atoms with Crippen LogP contribution in [0, 0.1) is 0 Å². The van der Waals surface area contributed by atoms with E-state index in [4.69, 9.17) is 16.3 Å². The molecule has 2 aliphatic heterocycles. The van der Waals surface area contributed by atoms with E-state index in [1.165, 1.54) is 0 Å². The topological polar surface area (TPSA) is 32.8 Å². The molecule has 3 rings (SSSR count). The summed E-state index contributed by atoms with van der Waals surface area (Å²) < 4.78 is 5.61. The molecule has 0 N–H and O–H groups in total. The van der Waals surface area contributed by atoms with Crippen LogP contribution >= 0.6 is 11.6 Å². The molecule has 1 amide bonds. The maximum atomic E-state index is 12.6. The fraction of sp³-hybridized carbons (Fsp3) is 0.533. The second-order valence-electron chi connectivity index (χ2n) is 5.26. The first-order chi connectivity index (χ1) is 9.79. The Morgan fingerprint density at radius 1 is 1.25 bits per heavy atom. The number of nitrogens with zero attached hydrogens (tertiary/aromatic N) is 2. The molecule has 2 aliphatic rings. The molecule has 1 atom stereocenters. The van der Waals surface area contributed by atoms with Gasteiger partial charge >= 0.3 is 0 Å². The van der Waals surface area contributed by atoms with Crippen molar-refractivity contribution in [3.05, 3.63) is 29.8 Å². The van der Waals surface area contributed by atoms with Gasteiger partial charge in [-0.2, -0.15) is 0 Å². The Bertz CT molecular complexity index is 487. The van der Waals surface area contributed by atoms with Gasteiger partial charge in [-0.1, -0.05) is 18.2 Å². The molecule has 0 aliphatic carbocycles. The number of piperazine rings is 1. The number of fused-ring (bicyclic) bond motifs is 1. The van der Waals surface area contributed by atoms with E-state index in [0.717, 1.165) is 44.0 Å².